The van der Waals surface area contributed by atoms with E-state index in [9.17, 15) is 9.18 Å². The fraction of sp³-hybridized carbons (Fsp3) is 0.200. The Labute approximate surface area is 116 Å². The van der Waals surface area contributed by atoms with Crippen LogP contribution in [0, 0.1) is 5.82 Å². The minimum Gasteiger partial charge on any atom is -0.478 e. The summed E-state index contributed by atoms with van der Waals surface area (Å²) in [4.78, 5) is 14.7. The summed E-state index contributed by atoms with van der Waals surface area (Å²) in [6.45, 7) is 2.47. The van der Waals surface area contributed by atoms with E-state index in [1.54, 1.807) is 0 Å². The molecular weight excluding hydrogens is 259 g/mol. The maximum Gasteiger partial charge on any atom is 0.338 e. The van der Waals surface area contributed by atoms with E-state index in [1.807, 2.05) is 37.3 Å². The molecule has 2 rings (SSSR count). The van der Waals surface area contributed by atoms with Crippen LogP contribution in [0.1, 0.15) is 28.8 Å². The van der Waals surface area contributed by atoms with Gasteiger partial charge >= 0.3 is 5.97 Å². The van der Waals surface area contributed by atoms with Crippen LogP contribution in [-0.4, -0.2) is 22.6 Å². The number of carboxylic acid groups (broad SMARTS) is 1. The Balaban J connectivity index is 2.08. The van der Waals surface area contributed by atoms with Crippen molar-refractivity contribution < 1.29 is 14.3 Å². The van der Waals surface area contributed by atoms with Gasteiger partial charge in [0, 0.05) is 12.7 Å². The lowest BCUT2D eigenvalue weighted by molar-refractivity contribution is 0.0692. The number of benzene rings is 1. The van der Waals surface area contributed by atoms with Crippen LogP contribution in [0.25, 0.3) is 0 Å². The van der Waals surface area contributed by atoms with Gasteiger partial charge in [0.05, 0.1) is 0 Å². The van der Waals surface area contributed by atoms with Gasteiger partial charge in [0.1, 0.15) is 5.56 Å². The molecule has 2 N–H and O–H groups in total. The van der Waals surface area contributed by atoms with Crippen LogP contribution >= 0.6 is 0 Å². The summed E-state index contributed by atoms with van der Waals surface area (Å²) < 4.78 is 13.9. The highest BCUT2D eigenvalue weighted by Gasteiger charge is 2.15. The first-order valence-corrected chi connectivity index (χ1v) is 6.26. The Hall–Kier alpha value is -2.43. The molecule has 0 aliphatic carbocycles. The van der Waals surface area contributed by atoms with Crippen LogP contribution in [0.4, 0.5) is 10.2 Å². The summed E-state index contributed by atoms with van der Waals surface area (Å²) in [6, 6.07) is 10.9. The number of carbonyl (C=O) groups is 1. The molecule has 0 amide bonds. The van der Waals surface area contributed by atoms with Gasteiger partial charge in [0.2, 0.25) is 0 Å². The highest BCUT2D eigenvalue weighted by atomic mass is 19.1. The van der Waals surface area contributed by atoms with Crippen molar-refractivity contribution >= 4 is 11.8 Å². The Bertz CT molecular complexity index is 602. The van der Waals surface area contributed by atoms with E-state index in [0.717, 1.165) is 11.6 Å². The molecule has 0 spiro atoms. The quantitative estimate of drug-likeness (QED) is 0.879. The lowest BCUT2D eigenvalue weighted by atomic mass is 10.0. The molecule has 1 unspecified atom stereocenters. The van der Waals surface area contributed by atoms with Gasteiger partial charge in [-0.25, -0.2) is 14.2 Å². The van der Waals surface area contributed by atoms with Crippen LogP contribution in [0.5, 0.6) is 0 Å². The monoisotopic (exact) mass is 274 g/mol. The van der Waals surface area contributed by atoms with E-state index < -0.39 is 11.8 Å². The summed E-state index contributed by atoms with van der Waals surface area (Å²) in [5, 5.41) is 11.7. The zero-order chi connectivity index (χ0) is 14.5. The Morgan fingerprint density at radius 2 is 2.05 bits per heavy atom. The Morgan fingerprint density at radius 3 is 2.70 bits per heavy atom. The van der Waals surface area contributed by atoms with E-state index in [2.05, 4.69) is 10.3 Å². The maximum atomic E-state index is 13.9. The van der Waals surface area contributed by atoms with Crippen LogP contribution < -0.4 is 5.32 Å². The molecule has 2 aromatic rings. The number of hydrogen-bond donors (Lipinski definition) is 2. The number of nitrogens with one attached hydrogen (secondary N) is 1. The van der Waals surface area contributed by atoms with E-state index in [0.29, 0.717) is 6.54 Å². The number of carboxylic acids is 1. The van der Waals surface area contributed by atoms with E-state index in [1.165, 1.54) is 6.20 Å². The first kappa shape index (κ1) is 14.0. The SMILES string of the molecule is CC(CNc1nccc(C(=O)O)c1F)c1ccccc1. The minimum absolute atomic E-state index is 0.0346. The first-order valence-electron chi connectivity index (χ1n) is 6.26. The minimum atomic E-state index is -1.30. The largest absolute Gasteiger partial charge is 0.478 e. The highest BCUT2D eigenvalue weighted by molar-refractivity contribution is 5.88. The number of halogens is 1. The third-order valence-corrected chi connectivity index (χ3v) is 3.06. The zero-order valence-electron chi connectivity index (χ0n) is 11.0. The van der Waals surface area contributed by atoms with Crippen molar-refractivity contribution in [2.75, 3.05) is 11.9 Å². The molecule has 0 bridgehead atoms. The molecule has 1 aromatic heterocycles. The van der Waals surface area contributed by atoms with Gasteiger partial charge in [-0.05, 0) is 17.5 Å². The van der Waals surface area contributed by atoms with Gasteiger partial charge in [-0.2, -0.15) is 0 Å². The van der Waals surface area contributed by atoms with Crippen LogP contribution in [0.3, 0.4) is 0 Å². The van der Waals surface area contributed by atoms with E-state index in [4.69, 9.17) is 5.11 Å². The van der Waals surface area contributed by atoms with Crippen LogP contribution in [0.2, 0.25) is 0 Å². The van der Waals surface area contributed by atoms with Crippen molar-refractivity contribution in [3.63, 3.8) is 0 Å². The zero-order valence-corrected chi connectivity index (χ0v) is 11.0. The fourth-order valence-corrected chi connectivity index (χ4v) is 1.88. The van der Waals surface area contributed by atoms with Crippen molar-refractivity contribution in [3.8, 4) is 0 Å². The molecule has 1 atom stereocenters. The van der Waals surface area contributed by atoms with Crippen LogP contribution in [0.15, 0.2) is 42.6 Å². The van der Waals surface area contributed by atoms with Gasteiger partial charge in [-0.1, -0.05) is 37.3 Å². The smallest absolute Gasteiger partial charge is 0.338 e. The lowest BCUT2D eigenvalue weighted by Gasteiger charge is -2.14. The molecule has 1 heterocycles. The predicted octanol–water partition coefficient (Wildman–Crippen LogP) is 3.13. The molecule has 5 heteroatoms. The third kappa shape index (κ3) is 3.12. The average molecular weight is 274 g/mol. The molecule has 20 heavy (non-hydrogen) atoms. The number of anilines is 1. The van der Waals surface area contributed by atoms with Crippen molar-refractivity contribution in [2.24, 2.45) is 0 Å². The van der Waals surface area contributed by atoms with Gasteiger partial charge in [-0.15, -0.1) is 0 Å². The predicted molar refractivity (Wildman–Crippen MR) is 74.5 cm³/mol. The third-order valence-electron chi connectivity index (χ3n) is 3.06. The van der Waals surface area contributed by atoms with Gasteiger partial charge in [0.15, 0.2) is 11.6 Å². The molecule has 0 saturated carbocycles. The molecule has 0 aliphatic heterocycles. The summed E-state index contributed by atoms with van der Waals surface area (Å²) in [7, 11) is 0. The maximum absolute atomic E-state index is 13.9. The molecular formula is C15H15FN2O2. The van der Waals surface area contributed by atoms with Crippen molar-refractivity contribution in [1.82, 2.24) is 4.98 Å². The molecule has 104 valence electrons. The number of aromatic nitrogens is 1. The second-order valence-corrected chi connectivity index (χ2v) is 4.52. The molecule has 0 saturated heterocycles. The second-order valence-electron chi connectivity index (χ2n) is 4.52. The summed E-state index contributed by atoms with van der Waals surface area (Å²) in [5.41, 5.74) is 0.740. The normalized spacial score (nSPS) is 11.9. The van der Waals surface area contributed by atoms with Crippen molar-refractivity contribution in [3.05, 3.63) is 59.5 Å². The summed E-state index contributed by atoms with van der Waals surface area (Å²) in [6.07, 6.45) is 1.28. The number of pyridine rings is 1. The standard InChI is InChI=1S/C15H15FN2O2/c1-10(11-5-3-2-4-6-11)9-18-14-13(16)12(15(19)20)7-8-17-14/h2-8,10H,9H2,1H3,(H,17,18)(H,19,20). The number of hydrogen-bond acceptors (Lipinski definition) is 3. The summed E-state index contributed by atoms with van der Waals surface area (Å²) in [5.74, 6) is -2.01. The molecule has 0 fully saturated rings. The summed E-state index contributed by atoms with van der Waals surface area (Å²) >= 11 is 0. The lowest BCUT2D eigenvalue weighted by Crippen LogP contribution is -2.13. The highest BCUT2D eigenvalue weighted by Crippen LogP contribution is 2.18. The van der Waals surface area contributed by atoms with Gasteiger partial charge in [-0.3, -0.25) is 0 Å². The molecule has 0 aliphatic rings. The van der Waals surface area contributed by atoms with E-state index in [-0.39, 0.29) is 17.3 Å². The topological polar surface area (TPSA) is 62.2 Å². The first-order chi connectivity index (χ1) is 9.59. The fourth-order valence-electron chi connectivity index (χ4n) is 1.88. The Kier molecular flexibility index (Phi) is 4.30. The number of nitrogens with zero attached hydrogens (tertiary/aromatic N) is 1. The van der Waals surface area contributed by atoms with Gasteiger partial charge in [0.25, 0.3) is 0 Å². The van der Waals surface area contributed by atoms with Crippen molar-refractivity contribution in [1.29, 1.82) is 0 Å². The molecule has 4 nitrogen and oxygen atoms in total. The number of rotatable bonds is 5. The Morgan fingerprint density at radius 1 is 1.35 bits per heavy atom. The van der Waals surface area contributed by atoms with E-state index >= 15 is 0 Å². The number of aromatic carboxylic acids is 1. The second kappa shape index (κ2) is 6.14. The average Bonchev–Trinajstić information content (AvgIpc) is 2.46. The molecule has 0 radical (unpaired) electrons. The van der Waals surface area contributed by atoms with Crippen molar-refractivity contribution in [2.45, 2.75) is 12.8 Å². The van der Waals surface area contributed by atoms with Gasteiger partial charge < -0.3 is 10.4 Å². The molecule has 1 aromatic carbocycles. The van der Waals surface area contributed by atoms with Crippen LogP contribution in [-0.2, 0) is 0 Å².